The van der Waals surface area contributed by atoms with Crippen LogP contribution >= 0.6 is 23.4 Å². The molecule has 1 atom stereocenters. The molecule has 3 rings (SSSR count). The van der Waals surface area contributed by atoms with Gasteiger partial charge >= 0.3 is 0 Å². The standard InChI is InChI=1S/C16H25ClN4OS/c1-12-5-7-20(8-6-12)15-18-19-16(23-11-13(2)17)21(15)10-14-4-3-9-22-14/h12,14H,2-11H2,1H3. The van der Waals surface area contributed by atoms with Crippen molar-refractivity contribution in [1.29, 1.82) is 0 Å². The molecule has 0 radical (unpaired) electrons. The van der Waals surface area contributed by atoms with Crippen molar-refractivity contribution in [3.05, 3.63) is 11.6 Å². The third kappa shape index (κ3) is 4.43. The molecule has 2 aliphatic heterocycles. The molecule has 0 spiro atoms. The molecule has 3 heterocycles. The summed E-state index contributed by atoms with van der Waals surface area (Å²) in [6, 6.07) is 0. The number of hydrogen-bond acceptors (Lipinski definition) is 5. The summed E-state index contributed by atoms with van der Waals surface area (Å²) >= 11 is 7.51. The van der Waals surface area contributed by atoms with Crippen LogP contribution in [0.1, 0.15) is 32.6 Å². The van der Waals surface area contributed by atoms with Gasteiger partial charge in [0.2, 0.25) is 5.95 Å². The lowest BCUT2D eigenvalue weighted by Gasteiger charge is -2.31. The molecule has 1 aromatic heterocycles. The van der Waals surface area contributed by atoms with Crippen LogP contribution in [0.3, 0.4) is 0 Å². The highest BCUT2D eigenvalue weighted by Gasteiger charge is 2.25. The Morgan fingerprint density at radius 2 is 2.13 bits per heavy atom. The lowest BCUT2D eigenvalue weighted by atomic mass is 10.00. The zero-order valence-corrected chi connectivity index (χ0v) is 15.3. The molecule has 0 saturated carbocycles. The average molecular weight is 357 g/mol. The fourth-order valence-electron chi connectivity index (χ4n) is 3.12. The first-order chi connectivity index (χ1) is 11.1. The maximum absolute atomic E-state index is 5.91. The Hall–Kier alpha value is -0.720. The minimum absolute atomic E-state index is 0.270. The second-order valence-electron chi connectivity index (χ2n) is 6.50. The molecule has 0 amide bonds. The van der Waals surface area contributed by atoms with E-state index in [0.29, 0.717) is 10.8 Å². The molecule has 0 aliphatic carbocycles. The Morgan fingerprint density at radius 3 is 2.78 bits per heavy atom. The third-order valence-electron chi connectivity index (χ3n) is 4.53. The number of hydrogen-bond donors (Lipinski definition) is 0. The largest absolute Gasteiger partial charge is 0.376 e. The number of halogens is 1. The van der Waals surface area contributed by atoms with Crippen molar-refractivity contribution in [1.82, 2.24) is 14.8 Å². The highest BCUT2D eigenvalue weighted by molar-refractivity contribution is 7.99. The van der Waals surface area contributed by atoms with Crippen molar-refractivity contribution >= 4 is 29.3 Å². The zero-order valence-electron chi connectivity index (χ0n) is 13.7. The highest BCUT2D eigenvalue weighted by Crippen LogP contribution is 2.28. The van der Waals surface area contributed by atoms with Gasteiger partial charge in [-0.05, 0) is 31.6 Å². The molecular weight excluding hydrogens is 332 g/mol. The highest BCUT2D eigenvalue weighted by atomic mass is 35.5. The van der Waals surface area contributed by atoms with E-state index < -0.39 is 0 Å². The summed E-state index contributed by atoms with van der Waals surface area (Å²) in [6.45, 7) is 9.88. The van der Waals surface area contributed by atoms with E-state index in [0.717, 1.165) is 56.1 Å². The molecule has 2 fully saturated rings. The Bertz CT molecular complexity index is 536. The molecule has 0 N–H and O–H groups in total. The van der Waals surface area contributed by atoms with Gasteiger partial charge in [-0.2, -0.15) is 0 Å². The summed E-state index contributed by atoms with van der Waals surface area (Å²) in [5.41, 5.74) is 0. The summed E-state index contributed by atoms with van der Waals surface area (Å²) in [6.07, 6.45) is 4.96. The van der Waals surface area contributed by atoms with Crippen LogP contribution in [0.15, 0.2) is 16.8 Å². The Balaban J connectivity index is 1.77. The van der Waals surface area contributed by atoms with E-state index in [1.165, 1.54) is 12.8 Å². The molecule has 23 heavy (non-hydrogen) atoms. The maximum Gasteiger partial charge on any atom is 0.228 e. The molecule has 2 aliphatic rings. The lowest BCUT2D eigenvalue weighted by Crippen LogP contribution is -2.35. The first-order valence-corrected chi connectivity index (χ1v) is 9.75. The molecule has 2 saturated heterocycles. The van der Waals surface area contributed by atoms with Crippen molar-refractivity contribution in [3.63, 3.8) is 0 Å². The number of ether oxygens (including phenoxy) is 1. The number of rotatable bonds is 6. The number of aromatic nitrogens is 3. The number of piperidine rings is 1. The van der Waals surface area contributed by atoms with E-state index >= 15 is 0 Å². The predicted octanol–water partition coefficient (Wildman–Crippen LogP) is 3.54. The number of thioether (sulfide) groups is 1. The van der Waals surface area contributed by atoms with E-state index in [1.807, 2.05) is 0 Å². The van der Waals surface area contributed by atoms with Gasteiger partial charge in [0.15, 0.2) is 5.16 Å². The SMILES string of the molecule is C=C(Cl)CSc1nnc(N2CCC(C)CC2)n1CC1CCCO1. The van der Waals surface area contributed by atoms with Crippen molar-refractivity contribution in [2.75, 3.05) is 30.3 Å². The monoisotopic (exact) mass is 356 g/mol. The Kier molecular flexibility index (Phi) is 5.88. The summed E-state index contributed by atoms with van der Waals surface area (Å²) in [4.78, 5) is 2.36. The zero-order chi connectivity index (χ0) is 16.2. The first kappa shape index (κ1) is 17.1. The maximum atomic E-state index is 5.91. The van der Waals surface area contributed by atoms with Gasteiger partial charge in [0, 0.05) is 30.5 Å². The van der Waals surface area contributed by atoms with Gasteiger partial charge < -0.3 is 9.64 Å². The summed E-state index contributed by atoms with van der Waals surface area (Å²) in [7, 11) is 0. The minimum Gasteiger partial charge on any atom is -0.376 e. The van der Waals surface area contributed by atoms with Crippen molar-refractivity contribution in [2.45, 2.75) is 50.4 Å². The van der Waals surface area contributed by atoms with E-state index in [4.69, 9.17) is 16.3 Å². The fourth-order valence-corrected chi connectivity index (χ4v) is 3.98. The molecule has 0 aromatic carbocycles. The molecule has 128 valence electrons. The molecule has 1 unspecified atom stereocenters. The summed E-state index contributed by atoms with van der Waals surface area (Å²) in [5, 5.41) is 10.4. The summed E-state index contributed by atoms with van der Waals surface area (Å²) in [5.74, 6) is 2.44. The van der Waals surface area contributed by atoms with Crippen LogP contribution < -0.4 is 4.90 Å². The van der Waals surface area contributed by atoms with Crippen molar-refractivity contribution in [3.8, 4) is 0 Å². The normalized spacial score (nSPS) is 22.7. The van der Waals surface area contributed by atoms with E-state index in [1.54, 1.807) is 11.8 Å². The fraction of sp³-hybridized carbons (Fsp3) is 0.750. The molecule has 1 aromatic rings. The smallest absolute Gasteiger partial charge is 0.228 e. The quantitative estimate of drug-likeness (QED) is 0.729. The van der Waals surface area contributed by atoms with Crippen LogP contribution in [-0.4, -0.2) is 46.3 Å². The van der Waals surface area contributed by atoms with Crippen molar-refractivity contribution < 1.29 is 4.74 Å². The van der Waals surface area contributed by atoms with Gasteiger partial charge in [-0.15, -0.1) is 10.2 Å². The van der Waals surface area contributed by atoms with Gasteiger partial charge in [-0.3, -0.25) is 4.57 Å². The van der Waals surface area contributed by atoms with Crippen LogP contribution in [0.25, 0.3) is 0 Å². The second-order valence-corrected chi connectivity index (χ2v) is 7.98. The number of anilines is 1. The topological polar surface area (TPSA) is 43.2 Å². The molecule has 5 nitrogen and oxygen atoms in total. The van der Waals surface area contributed by atoms with Crippen LogP contribution in [0.4, 0.5) is 5.95 Å². The predicted molar refractivity (Wildman–Crippen MR) is 95.3 cm³/mol. The van der Waals surface area contributed by atoms with Crippen molar-refractivity contribution in [2.24, 2.45) is 5.92 Å². The third-order valence-corrected chi connectivity index (χ3v) is 5.88. The van der Waals surface area contributed by atoms with Gasteiger partial charge in [-0.1, -0.05) is 36.9 Å². The lowest BCUT2D eigenvalue weighted by molar-refractivity contribution is 0.0951. The Morgan fingerprint density at radius 1 is 1.35 bits per heavy atom. The molecule has 7 heteroatoms. The van der Waals surface area contributed by atoms with Crippen LogP contribution in [-0.2, 0) is 11.3 Å². The molecule has 0 bridgehead atoms. The van der Waals surface area contributed by atoms with E-state index in [9.17, 15) is 0 Å². The number of nitrogens with zero attached hydrogens (tertiary/aromatic N) is 4. The molecular formula is C16H25ClN4OS. The minimum atomic E-state index is 0.270. The van der Waals surface area contributed by atoms with Crippen LogP contribution in [0.2, 0.25) is 0 Å². The van der Waals surface area contributed by atoms with Gasteiger partial charge in [0.1, 0.15) is 0 Å². The summed E-state index contributed by atoms with van der Waals surface area (Å²) < 4.78 is 8.04. The van der Waals surface area contributed by atoms with Crippen LogP contribution in [0.5, 0.6) is 0 Å². The first-order valence-electron chi connectivity index (χ1n) is 8.39. The second kappa shape index (κ2) is 7.90. The van der Waals surface area contributed by atoms with E-state index in [2.05, 4.69) is 33.2 Å². The average Bonchev–Trinajstić information content (AvgIpc) is 3.17. The Labute approximate surface area is 147 Å². The van der Waals surface area contributed by atoms with Crippen LogP contribution in [0, 0.1) is 5.92 Å². The van der Waals surface area contributed by atoms with Gasteiger partial charge in [0.05, 0.1) is 12.6 Å². The van der Waals surface area contributed by atoms with E-state index in [-0.39, 0.29) is 6.10 Å². The van der Waals surface area contributed by atoms with Gasteiger partial charge in [-0.25, -0.2) is 0 Å². The van der Waals surface area contributed by atoms with Gasteiger partial charge in [0.25, 0.3) is 0 Å².